The molecule has 1 atom stereocenters. The second-order valence-electron chi connectivity index (χ2n) is 6.63. The van der Waals surface area contributed by atoms with Gasteiger partial charge in [0.15, 0.2) is 0 Å². The molecule has 134 valence electrons. The summed E-state index contributed by atoms with van der Waals surface area (Å²) in [7, 11) is 3.40. The van der Waals surface area contributed by atoms with E-state index in [1.807, 2.05) is 12.1 Å². The molecular formula is C18H28ClN3O2. The van der Waals surface area contributed by atoms with Gasteiger partial charge >= 0.3 is 6.03 Å². The molecule has 1 fully saturated rings. The van der Waals surface area contributed by atoms with Crippen LogP contribution in [0.5, 0.6) is 5.75 Å². The fraction of sp³-hybridized carbons (Fsp3) is 0.611. The summed E-state index contributed by atoms with van der Waals surface area (Å²) < 4.78 is 5.34. The fourth-order valence-electron chi connectivity index (χ4n) is 3.30. The van der Waals surface area contributed by atoms with Gasteiger partial charge in [-0.1, -0.05) is 11.6 Å². The molecule has 1 aromatic rings. The van der Waals surface area contributed by atoms with Crippen LogP contribution >= 0.6 is 11.6 Å². The lowest BCUT2D eigenvalue weighted by molar-refractivity contribution is 0.184. The summed E-state index contributed by atoms with van der Waals surface area (Å²) in [5.74, 6) is 0.737. The van der Waals surface area contributed by atoms with E-state index in [0.717, 1.165) is 24.3 Å². The number of nitrogens with one attached hydrogen (secondary N) is 1. The fourth-order valence-corrected chi connectivity index (χ4v) is 3.49. The van der Waals surface area contributed by atoms with Crippen molar-refractivity contribution in [2.75, 3.05) is 27.2 Å². The van der Waals surface area contributed by atoms with Crippen molar-refractivity contribution in [2.45, 2.75) is 45.3 Å². The van der Waals surface area contributed by atoms with Crippen molar-refractivity contribution >= 4 is 17.6 Å². The number of amides is 2. The van der Waals surface area contributed by atoms with Crippen molar-refractivity contribution in [3.63, 3.8) is 0 Å². The number of urea groups is 1. The Morgan fingerprint density at radius 3 is 2.92 bits per heavy atom. The number of rotatable bonds is 6. The van der Waals surface area contributed by atoms with Gasteiger partial charge in [-0.15, -0.1) is 0 Å². The standard InChI is InChI=1S/C18H28ClN3O2/c1-13(2)22-9-5-6-16(22)11-20-18(23)21(3)12-14-10-15(19)7-8-17(14)24-4/h7-8,10,13,16H,5-6,9,11-12H2,1-4H3,(H,20,23)/t16-/m0/s1. The summed E-state index contributed by atoms with van der Waals surface area (Å²) in [5, 5.41) is 3.69. The normalized spacial score (nSPS) is 18.0. The lowest BCUT2D eigenvalue weighted by Gasteiger charge is -2.29. The SMILES string of the molecule is COc1ccc(Cl)cc1CN(C)C(=O)NC[C@@H]1CCCN1C(C)C. The number of likely N-dealkylation sites (tertiary alicyclic amines) is 1. The topological polar surface area (TPSA) is 44.8 Å². The van der Waals surface area contributed by atoms with Gasteiger partial charge in [0.1, 0.15) is 5.75 Å². The third kappa shape index (κ3) is 4.77. The number of hydrogen-bond donors (Lipinski definition) is 1. The predicted octanol–water partition coefficient (Wildman–Crippen LogP) is 3.36. The summed E-state index contributed by atoms with van der Waals surface area (Å²) in [6.07, 6.45) is 2.35. The maximum atomic E-state index is 12.4. The maximum absolute atomic E-state index is 12.4. The zero-order valence-electron chi connectivity index (χ0n) is 15.0. The van der Waals surface area contributed by atoms with Crippen LogP contribution in [-0.4, -0.2) is 55.2 Å². The minimum absolute atomic E-state index is 0.0763. The van der Waals surface area contributed by atoms with Gasteiger partial charge in [-0.25, -0.2) is 4.79 Å². The van der Waals surface area contributed by atoms with Crippen LogP contribution in [0.25, 0.3) is 0 Å². The molecule has 0 radical (unpaired) electrons. The van der Waals surface area contributed by atoms with E-state index in [4.69, 9.17) is 16.3 Å². The lowest BCUT2D eigenvalue weighted by Crippen LogP contribution is -2.46. The highest BCUT2D eigenvalue weighted by molar-refractivity contribution is 6.30. The maximum Gasteiger partial charge on any atom is 0.317 e. The van der Waals surface area contributed by atoms with Gasteiger partial charge < -0.3 is 15.0 Å². The Kier molecular flexibility index (Phi) is 6.75. The molecule has 24 heavy (non-hydrogen) atoms. The van der Waals surface area contributed by atoms with E-state index in [9.17, 15) is 4.79 Å². The highest BCUT2D eigenvalue weighted by Crippen LogP contribution is 2.24. The van der Waals surface area contributed by atoms with Crippen molar-refractivity contribution in [3.8, 4) is 5.75 Å². The highest BCUT2D eigenvalue weighted by Gasteiger charge is 2.27. The summed E-state index contributed by atoms with van der Waals surface area (Å²) in [6.45, 7) is 6.67. The molecule has 1 aromatic carbocycles. The Balaban J connectivity index is 1.90. The van der Waals surface area contributed by atoms with Gasteiger partial charge in [-0.2, -0.15) is 0 Å². The summed E-state index contributed by atoms with van der Waals surface area (Å²) >= 11 is 6.05. The number of carbonyl (C=O) groups excluding carboxylic acids is 1. The quantitative estimate of drug-likeness (QED) is 0.852. The van der Waals surface area contributed by atoms with E-state index in [1.165, 1.54) is 6.42 Å². The number of halogens is 1. The van der Waals surface area contributed by atoms with Crippen molar-refractivity contribution in [1.29, 1.82) is 0 Å². The van der Waals surface area contributed by atoms with E-state index in [0.29, 0.717) is 30.2 Å². The number of hydrogen-bond acceptors (Lipinski definition) is 3. The van der Waals surface area contributed by atoms with Crippen LogP contribution in [0.4, 0.5) is 4.79 Å². The van der Waals surface area contributed by atoms with E-state index in [2.05, 4.69) is 24.1 Å². The molecule has 0 saturated carbocycles. The van der Waals surface area contributed by atoms with Crippen LogP contribution in [0.3, 0.4) is 0 Å². The Labute approximate surface area is 149 Å². The van der Waals surface area contributed by atoms with E-state index in [-0.39, 0.29) is 6.03 Å². The first-order valence-electron chi connectivity index (χ1n) is 8.49. The molecule has 0 unspecified atom stereocenters. The predicted molar refractivity (Wildman–Crippen MR) is 97.7 cm³/mol. The van der Waals surface area contributed by atoms with Crippen molar-refractivity contribution in [2.24, 2.45) is 0 Å². The number of methoxy groups -OCH3 is 1. The average Bonchev–Trinajstić information content (AvgIpc) is 3.01. The Morgan fingerprint density at radius 1 is 1.50 bits per heavy atom. The molecule has 2 rings (SSSR count). The van der Waals surface area contributed by atoms with E-state index < -0.39 is 0 Å². The van der Waals surface area contributed by atoms with Gasteiger partial charge in [0.05, 0.1) is 13.7 Å². The summed E-state index contributed by atoms with van der Waals surface area (Å²) in [5.41, 5.74) is 0.896. The molecule has 1 aliphatic rings. The van der Waals surface area contributed by atoms with Gasteiger partial charge in [-0.3, -0.25) is 4.90 Å². The monoisotopic (exact) mass is 353 g/mol. The van der Waals surface area contributed by atoms with Crippen molar-refractivity contribution < 1.29 is 9.53 Å². The number of ether oxygens (including phenoxy) is 1. The van der Waals surface area contributed by atoms with E-state index in [1.54, 1.807) is 25.1 Å². The molecule has 1 saturated heterocycles. The minimum atomic E-state index is -0.0763. The molecule has 0 aromatic heterocycles. The smallest absolute Gasteiger partial charge is 0.317 e. The van der Waals surface area contributed by atoms with Gasteiger partial charge in [-0.05, 0) is 51.4 Å². The first kappa shape index (κ1) is 18.9. The molecule has 2 amide bonds. The van der Waals surface area contributed by atoms with Crippen LogP contribution in [0.1, 0.15) is 32.3 Å². The number of nitrogens with zero attached hydrogens (tertiary/aromatic N) is 2. The van der Waals surface area contributed by atoms with Crippen LogP contribution in [0, 0.1) is 0 Å². The third-order valence-electron chi connectivity index (χ3n) is 4.57. The van der Waals surface area contributed by atoms with Crippen molar-refractivity contribution in [1.82, 2.24) is 15.1 Å². The molecule has 6 heteroatoms. The second-order valence-corrected chi connectivity index (χ2v) is 7.06. The molecular weight excluding hydrogens is 326 g/mol. The van der Waals surface area contributed by atoms with Gasteiger partial charge in [0, 0.05) is 36.3 Å². The van der Waals surface area contributed by atoms with Gasteiger partial charge in [0.2, 0.25) is 0 Å². The minimum Gasteiger partial charge on any atom is -0.496 e. The third-order valence-corrected chi connectivity index (χ3v) is 4.81. The molecule has 1 heterocycles. The molecule has 0 spiro atoms. The molecule has 1 N–H and O–H groups in total. The Hall–Kier alpha value is -1.46. The second kappa shape index (κ2) is 8.58. The molecule has 1 aliphatic heterocycles. The summed E-state index contributed by atoms with van der Waals surface area (Å²) in [4.78, 5) is 16.5. The van der Waals surface area contributed by atoms with Crippen molar-refractivity contribution in [3.05, 3.63) is 28.8 Å². The summed E-state index contributed by atoms with van der Waals surface area (Å²) in [6, 6.07) is 6.31. The largest absolute Gasteiger partial charge is 0.496 e. The van der Waals surface area contributed by atoms with E-state index >= 15 is 0 Å². The van der Waals surface area contributed by atoms with Crippen LogP contribution < -0.4 is 10.1 Å². The lowest BCUT2D eigenvalue weighted by atomic mass is 10.2. The van der Waals surface area contributed by atoms with Crippen LogP contribution in [0.15, 0.2) is 18.2 Å². The zero-order chi connectivity index (χ0) is 17.7. The Bertz CT molecular complexity index is 565. The molecule has 5 nitrogen and oxygen atoms in total. The first-order valence-corrected chi connectivity index (χ1v) is 8.87. The first-order chi connectivity index (χ1) is 11.4. The molecule has 0 aliphatic carbocycles. The van der Waals surface area contributed by atoms with Crippen LogP contribution in [0.2, 0.25) is 5.02 Å². The van der Waals surface area contributed by atoms with Crippen LogP contribution in [-0.2, 0) is 6.54 Å². The highest BCUT2D eigenvalue weighted by atomic mass is 35.5. The average molecular weight is 354 g/mol. The molecule has 0 bridgehead atoms. The van der Waals surface area contributed by atoms with Gasteiger partial charge in [0.25, 0.3) is 0 Å². The zero-order valence-corrected chi connectivity index (χ0v) is 15.8. The number of carbonyl (C=O) groups is 1. The Morgan fingerprint density at radius 2 is 2.25 bits per heavy atom. The number of benzene rings is 1.